The molecule has 1 aromatic rings. The summed E-state index contributed by atoms with van der Waals surface area (Å²) < 4.78 is 12.9. The molecule has 0 amide bonds. The van der Waals surface area contributed by atoms with Gasteiger partial charge in [0.25, 0.3) is 0 Å². The number of aliphatic hydroxyl groups excluding tert-OH is 1. The number of halogens is 1. The maximum absolute atomic E-state index is 12.9. The van der Waals surface area contributed by atoms with Gasteiger partial charge in [-0.1, -0.05) is 12.2 Å². The largest absolute Gasteiger partial charge is 0.396 e. The fraction of sp³-hybridized carbons (Fsp3) is 0.300. The number of nitrogens with zero attached hydrogens (tertiary/aromatic N) is 1. The zero-order valence-corrected chi connectivity index (χ0v) is 7.50. The SMILES string of the molecule is Cc1c(C=CCCO)ccnc1F. The first kappa shape index (κ1) is 9.86. The molecule has 1 N–H and O–H groups in total. The Hall–Kier alpha value is -1.22. The lowest BCUT2D eigenvalue weighted by atomic mass is 10.1. The molecule has 70 valence electrons. The van der Waals surface area contributed by atoms with E-state index in [1.807, 2.05) is 6.08 Å². The van der Waals surface area contributed by atoms with Crippen LogP contribution in [0.4, 0.5) is 4.39 Å². The van der Waals surface area contributed by atoms with Gasteiger partial charge in [-0.2, -0.15) is 4.39 Å². The van der Waals surface area contributed by atoms with Crippen LogP contribution < -0.4 is 0 Å². The number of rotatable bonds is 3. The minimum atomic E-state index is -0.439. The molecular formula is C10H12FNO. The fourth-order valence-electron chi connectivity index (χ4n) is 0.989. The third-order valence-electron chi connectivity index (χ3n) is 1.78. The van der Waals surface area contributed by atoms with Gasteiger partial charge >= 0.3 is 0 Å². The van der Waals surface area contributed by atoms with E-state index in [-0.39, 0.29) is 6.61 Å². The summed E-state index contributed by atoms with van der Waals surface area (Å²) in [5, 5.41) is 8.53. The molecule has 0 radical (unpaired) electrons. The Balaban J connectivity index is 2.83. The monoisotopic (exact) mass is 181 g/mol. The lowest BCUT2D eigenvalue weighted by Crippen LogP contribution is -1.90. The number of pyridine rings is 1. The van der Waals surface area contributed by atoms with Crippen molar-refractivity contribution in [2.24, 2.45) is 0 Å². The Kier molecular flexibility index (Phi) is 3.58. The fourth-order valence-corrected chi connectivity index (χ4v) is 0.989. The number of aromatic nitrogens is 1. The van der Waals surface area contributed by atoms with Gasteiger partial charge in [-0.25, -0.2) is 4.98 Å². The van der Waals surface area contributed by atoms with Crippen LogP contribution in [0, 0.1) is 12.9 Å². The van der Waals surface area contributed by atoms with E-state index in [1.54, 1.807) is 19.1 Å². The summed E-state index contributed by atoms with van der Waals surface area (Å²) >= 11 is 0. The van der Waals surface area contributed by atoms with Crippen molar-refractivity contribution in [2.75, 3.05) is 6.61 Å². The molecule has 0 saturated heterocycles. The van der Waals surface area contributed by atoms with Gasteiger partial charge in [-0.3, -0.25) is 0 Å². The molecule has 1 rings (SSSR count). The van der Waals surface area contributed by atoms with Gasteiger partial charge in [0.05, 0.1) is 0 Å². The van der Waals surface area contributed by atoms with Crippen molar-refractivity contribution in [2.45, 2.75) is 13.3 Å². The summed E-state index contributed by atoms with van der Waals surface area (Å²) in [6, 6.07) is 1.74. The van der Waals surface area contributed by atoms with Gasteiger partial charge in [-0.05, 0) is 25.0 Å². The molecule has 2 nitrogen and oxygen atoms in total. The van der Waals surface area contributed by atoms with E-state index >= 15 is 0 Å². The van der Waals surface area contributed by atoms with Crippen LogP contribution in [0.2, 0.25) is 0 Å². The van der Waals surface area contributed by atoms with Gasteiger partial charge in [0, 0.05) is 18.4 Å². The lowest BCUT2D eigenvalue weighted by molar-refractivity contribution is 0.303. The molecular weight excluding hydrogens is 169 g/mol. The molecule has 0 saturated carbocycles. The van der Waals surface area contributed by atoms with Crippen LogP contribution in [0.25, 0.3) is 6.08 Å². The second-order valence-electron chi connectivity index (χ2n) is 2.73. The first-order valence-electron chi connectivity index (χ1n) is 4.14. The smallest absolute Gasteiger partial charge is 0.216 e. The number of aliphatic hydroxyl groups is 1. The maximum Gasteiger partial charge on any atom is 0.216 e. The van der Waals surface area contributed by atoms with E-state index in [0.29, 0.717) is 12.0 Å². The Labute approximate surface area is 76.7 Å². The topological polar surface area (TPSA) is 33.1 Å². The predicted octanol–water partition coefficient (Wildman–Crippen LogP) is 1.92. The van der Waals surface area contributed by atoms with Gasteiger partial charge in [-0.15, -0.1) is 0 Å². The molecule has 0 atom stereocenters. The minimum Gasteiger partial charge on any atom is -0.396 e. The van der Waals surface area contributed by atoms with Gasteiger partial charge < -0.3 is 5.11 Å². The second kappa shape index (κ2) is 4.72. The molecule has 0 aromatic carbocycles. The van der Waals surface area contributed by atoms with Crippen molar-refractivity contribution in [3.63, 3.8) is 0 Å². The average Bonchev–Trinajstić information content (AvgIpc) is 2.13. The third kappa shape index (κ3) is 2.63. The quantitative estimate of drug-likeness (QED) is 0.723. The molecule has 0 aliphatic carbocycles. The highest BCUT2D eigenvalue weighted by Crippen LogP contribution is 2.11. The van der Waals surface area contributed by atoms with Gasteiger partial charge in [0.1, 0.15) is 0 Å². The van der Waals surface area contributed by atoms with Crippen molar-refractivity contribution < 1.29 is 9.50 Å². The van der Waals surface area contributed by atoms with E-state index < -0.39 is 5.95 Å². The van der Waals surface area contributed by atoms with E-state index in [4.69, 9.17) is 5.11 Å². The van der Waals surface area contributed by atoms with E-state index in [9.17, 15) is 4.39 Å². The van der Waals surface area contributed by atoms with Crippen LogP contribution in [0.3, 0.4) is 0 Å². The summed E-state index contributed by atoms with van der Waals surface area (Å²) in [4.78, 5) is 3.52. The van der Waals surface area contributed by atoms with Crippen LogP contribution in [0.1, 0.15) is 17.5 Å². The van der Waals surface area contributed by atoms with E-state index in [2.05, 4.69) is 4.98 Å². The van der Waals surface area contributed by atoms with Crippen molar-refractivity contribution in [3.8, 4) is 0 Å². The van der Waals surface area contributed by atoms with Crippen LogP contribution >= 0.6 is 0 Å². The molecule has 0 aliphatic heterocycles. The molecule has 0 aliphatic rings. The van der Waals surface area contributed by atoms with Crippen molar-refractivity contribution >= 4 is 6.08 Å². The zero-order chi connectivity index (χ0) is 9.68. The Morgan fingerprint density at radius 1 is 1.62 bits per heavy atom. The molecule has 1 aromatic heterocycles. The Morgan fingerprint density at radius 2 is 2.38 bits per heavy atom. The normalized spacial score (nSPS) is 11.0. The van der Waals surface area contributed by atoms with Crippen LogP contribution in [-0.4, -0.2) is 16.7 Å². The highest BCUT2D eigenvalue weighted by atomic mass is 19.1. The average molecular weight is 181 g/mol. The molecule has 1 heterocycles. The zero-order valence-electron chi connectivity index (χ0n) is 7.50. The summed E-state index contributed by atoms with van der Waals surface area (Å²) in [6.45, 7) is 1.80. The summed E-state index contributed by atoms with van der Waals surface area (Å²) in [7, 11) is 0. The number of hydrogen-bond acceptors (Lipinski definition) is 2. The van der Waals surface area contributed by atoms with Gasteiger partial charge in [0.2, 0.25) is 5.95 Å². The summed E-state index contributed by atoms with van der Waals surface area (Å²) in [5.41, 5.74) is 1.35. The van der Waals surface area contributed by atoms with Gasteiger partial charge in [0.15, 0.2) is 0 Å². The van der Waals surface area contributed by atoms with Crippen LogP contribution in [-0.2, 0) is 0 Å². The molecule has 0 unspecified atom stereocenters. The highest BCUT2D eigenvalue weighted by Gasteiger charge is 2.00. The Bertz CT molecular complexity index is 310. The molecule has 0 bridgehead atoms. The highest BCUT2D eigenvalue weighted by molar-refractivity contribution is 5.52. The first-order valence-corrected chi connectivity index (χ1v) is 4.14. The summed E-state index contributed by atoms with van der Waals surface area (Å²) in [5.74, 6) is -0.439. The lowest BCUT2D eigenvalue weighted by Gasteiger charge is -1.99. The molecule has 0 spiro atoms. The predicted molar refractivity (Wildman–Crippen MR) is 49.7 cm³/mol. The first-order chi connectivity index (χ1) is 6.25. The van der Waals surface area contributed by atoms with Crippen LogP contribution in [0.5, 0.6) is 0 Å². The van der Waals surface area contributed by atoms with Crippen LogP contribution in [0.15, 0.2) is 18.3 Å². The molecule has 13 heavy (non-hydrogen) atoms. The van der Waals surface area contributed by atoms with E-state index in [1.165, 1.54) is 6.20 Å². The summed E-state index contributed by atoms with van der Waals surface area (Å²) in [6.07, 6.45) is 5.61. The van der Waals surface area contributed by atoms with Crippen molar-refractivity contribution in [3.05, 3.63) is 35.4 Å². The molecule has 3 heteroatoms. The minimum absolute atomic E-state index is 0.114. The third-order valence-corrected chi connectivity index (χ3v) is 1.78. The van der Waals surface area contributed by atoms with Crippen molar-refractivity contribution in [1.29, 1.82) is 0 Å². The molecule has 0 fully saturated rings. The van der Waals surface area contributed by atoms with Crippen molar-refractivity contribution in [1.82, 2.24) is 4.98 Å². The maximum atomic E-state index is 12.9. The number of hydrogen-bond donors (Lipinski definition) is 1. The van der Waals surface area contributed by atoms with E-state index in [0.717, 1.165) is 5.56 Å². The Morgan fingerprint density at radius 3 is 3.08 bits per heavy atom. The second-order valence-corrected chi connectivity index (χ2v) is 2.73. The standard InChI is InChI=1S/C10H12FNO/c1-8-9(4-2-3-7-13)5-6-12-10(8)11/h2,4-6,13H,3,7H2,1H3.